The highest BCUT2D eigenvalue weighted by Crippen LogP contribution is 2.26. The van der Waals surface area contributed by atoms with E-state index in [2.05, 4.69) is 9.88 Å². The van der Waals surface area contributed by atoms with Gasteiger partial charge in [0.2, 0.25) is 0 Å². The third-order valence-corrected chi connectivity index (χ3v) is 5.57. The first-order valence-corrected chi connectivity index (χ1v) is 11.3. The van der Waals surface area contributed by atoms with Gasteiger partial charge < -0.3 is 19.5 Å². The van der Waals surface area contributed by atoms with Crippen LogP contribution in [0.3, 0.4) is 0 Å². The Morgan fingerprint density at radius 3 is 2.53 bits per heavy atom. The summed E-state index contributed by atoms with van der Waals surface area (Å²) in [5.74, 6) is -1.06. The lowest BCUT2D eigenvalue weighted by molar-refractivity contribution is -0.00301. The summed E-state index contributed by atoms with van der Waals surface area (Å²) in [6, 6.07) is 7.82. The fourth-order valence-electron chi connectivity index (χ4n) is 3.79. The number of aryl methyl sites for hydroxylation is 1. The molecule has 0 spiro atoms. The standard InChI is InChI=1S/C25H32FN3O5/c1-16-6-7-18(12-20(16)26)22(33-19-8-9-21(23(30)31)27-13-19)15-28-10-11-29(17(2)14-28)24(32)34-25(3,4)5/h6-9,12-13,17,22H,10-11,14-15H2,1-5H3,(H,30,31)/t17-,22-/m1/s1. The number of halogens is 1. The van der Waals surface area contributed by atoms with Crippen LogP contribution in [0, 0.1) is 12.7 Å². The molecular weight excluding hydrogens is 441 g/mol. The molecule has 1 N–H and O–H groups in total. The van der Waals surface area contributed by atoms with Crippen LogP contribution in [0.1, 0.15) is 55.4 Å². The van der Waals surface area contributed by atoms with E-state index in [1.54, 1.807) is 17.9 Å². The smallest absolute Gasteiger partial charge is 0.410 e. The zero-order chi connectivity index (χ0) is 25.0. The number of carboxylic acid groups (broad SMARTS) is 1. The van der Waals surface area contributed by atoms with Gasteiger partial charge in [-0.2, -0.15) is 0 Å². The highest BCUT2D eigenvalue weighted by atomic mass is 19.1. The molecular formula is C25H32FN3O5. The van der Waals surface area contributed by atoms with Crippen LogP contribution in [-0.4, -0.2) is 69.8 Å². The first-order chi connectivity index (χ1) is 15.9. The zero-order valence-corrected chi connectivity index (χ0v) is 20.2. The molecule has 8 nitrogen and oxygen atoms in total. The molecule has 9 heteroatoms. The van der Waals surface area contributed by atoms with E-state index in [-0.39, 0.29) is 23.6 Å². The Hall–Kier alpha value is -3.20. The normalized spacial score (nSPS) is 17.8. The second-order valence-electron chi connectivity index (χ2n) is 9.58. The van der Waals surface area contributed by atoms with E-state index in [0.717, 1.165) is 0 Å². The predicted molar refractivity (Wildman–Crippen MR) is 125 cm³/mol. The monoisotopic (exact) mass is 473 g/mol. The molecule has 0 bridgehead atoms. The van der Waals surface area contributed by atoms with Crippen molar-refractivity contribution in [3.05, 3.63) is 59.2 Å². The van der Waals surface area contributed by atoms with Gasteiger partial charge in [0.25, 0.3) is 0 Å². The number of ether oxygens (including phenoxy) is 2. The predicted octanol–water partition coefficient (Wildman–Crippen LogP) is 4.29. The molecule has 1 aliphatic heterocycles. The average molecular weight is 474 g/mol. The van der Waals surface area contributed by atoms with Crippen LogP contribution < -0.4 is 4.74 Å². The van der Waals surface area contributed by atoms with Gasteiger partial charge in [-0.15, -0.1) is 0 Å². The highest BCUT2D eigenvalue weighted by Gasteiger charge is 2.32. The van der Waals surface area contributed by atoms with Crippen molar-refractivity contribution in [2.45, 2.75) is 52.4 Å². The summed E-state index contributed by atoms with van der Waals surface area (Å²) in [5, 5.41) is 9.07. The Balaban J connectivity index is 1.74. The SMILES string of the molecule is Cc1ccc([C@@H](CN2CCN(C(=O)OC(C)(C)C)[C@H](C)C2)Oc2ccc(C(=O)O)nc2)cc1F. The number of rotatable bonds is 6. The Labute approximate surface area is 199 Å². The molecule has 2 atom stereocenters. The molecule has 1 aliphatic rings. The van der Waals surface area contributed by atoms with Crippen molar-refractivity contribution in [2.75, 3.05) is 26.2 Å². The molecule has 34 heavy (non-hydrogen) atoms. The first-order valence-electron chi connectivity index (χ1n) is 11.3. The van der Waals surface area contributed by atoms with Gasteiger partial charge in [0, 0.05) is 32.2 Å². The van der Waals surface area contributed by atoms with Gasteiger partial charge in [0.1, 0.15) is 29.0 Å². The fraction of sp³-hybridized carbons (Fsp3) is 0.480. The van der Waals surface area contributed by atoms with E-state index >= 15 is 0 Å². The van der Waals surface area contributed by atoms with E-state index in [9.17, 15) is 14.0 Å². The molecule has 3 rings (SSSR count). The summed E-state index contributed by atoms with van der Waals surface area (Å²) in [5.41, 5.74) is 0.548. The first kappa shape index (κ1) is 25.4. The van der Waals surface area contributed by atoms with E-state index in [1.807, 2.05) is 33.8 Å². The molecule has 0 unspecified atom stereocenters. The van der Waals surface area contributed by atoms with Crippen LogP contribution in [0.2, 0.25) is 0 Å². The van der Waals surface area contributed by atoms with Crippen LogP contribution in [0.15, 0.2) is 36.5 Å². The van der Waals surface area contributed by atoms with E-state index < -0.39 is 17.7 Å². The van der Waals surface area contributed by atoms with Crippen molar-refractivity contribution in [2.24, 2.45) is 0 Å². The maximum atomic E-state index is 14.3. The lowest BCUT2D eigenvalue weighted by atomic mass is 10.0. The van der Waals surface area contributed by atoms with Gasteiger partial charge in [0.05, 0.1) is 6.20 Å². The number of carbonyl (C=O) groups is 2. The van der Waals surface area contributed by atoms with Crippen LogP contribution in [0.5, 0.6) is 5.75 Å². The van der Waals surface area contributed by atoms with E-state index in [1.165, 1.54) is 24.4 Å². The minimum absolute atomic E-state index is 0.0736. The van der Waals surface area contributed by atoms with Crippen LogP contribution in [-0.2, 0) is 4.74 Å². The van der Waals surface area contributed by atoms with E-state index in [4.69, 9.17) is 14.6 Å². The van der Waals surface area contributed by atoms with E-state index in [0.29, 0.717) is 43.1 Å². The minimum atomic E-state index is -1.12. The summed E-state index contributed by atoms with van der Waals surface area (Å²) in [4.78, 5) is 31.4. The molecule has 1 saturated heterocycles. The van der Waals surface area contributed by atoms with Crippen molar-refractivity contribution in [3.63, 3.8) is 0 Å². The van der Waals surface area contributed by atoms with Crippen LogP contribution in [0.4, 0.5) is 9.18 Å². The van der Waals surface area contributed by atoms with Gasteiger partial charge in [-0.05, 0) is 63.9 Å². The van der Waals surface area contributed by atoms with Crippen molar-refractivity contribution in [3.8, 4) is 5.75 Å². The minimum Gasteiger partial charge on any atom is -0.483 e. The molecule has 0 radical (unpaired) electrons. The second-order valence-corrected chi connectivity index (χ2v) is 9.58. The third-order valence-electron chi connectivity index (χ3n) is 5.57. The van der Waals surface area contributed by atoms with Crippen molar-refractivity contribution in [1.29, 1.82) is 0 Å². The lowest BCUT2D eigenvalue weighted by Crippen LogP contribution is -2.55. The average Bonchev–Trinajstić information content (AvgIpc) is 2.74. The Bertz CT molecular complexity index is 1020. The summed E-state index contributed by atoms with van der Waals surface area (Å²) in [6.45, 7) is 11.3. The molecule has 2 aromatic rings. The topological polar surface area (TPSA) is 92.2 Å². The van der Waals surface area contributed by atoms with Crippen LogP contribution >= 0.6 is 0 Å². The Morgan fingerprint density at radius 2 is 1.97 bits per heavy atom. The summed E-state index contributed by atoms with van der Waals surface area (Å²) < 4.78 is 26.0. The van der Waals surface area contributed by atoms with Gasteiger partial charge in [-0.3, -0.25) is 4.90 Å². The number of pyridine rings is 1. The Morgan fingerprint density at radius 1 is 1.24 bits per heavy atom. The Kier molecular flexibility index (Phi) is 7.76. The summed E-state index contributed by atoms with van der Waals surface area (Å²) in [7, 11) is 0. The fourth-order valence-corrected chi connectivity index (χ4v) is 3.79. The number of hydrogen-bond donors (Lipinski definition) is 1. The molecule has 1 aromatic carbocycles. The maximum absolute atomic E-state index is 14.3. The molecule has 184 valence electrons. The summed E-state index contributed by atoms with van der Waals surface area (Å²) >= 11 is 0. The molecule has 1 aromatic heterocycles. The molecule has 2 heterocycles. The van der Waals surface area contributed by atoms with Gasteiger partial charge >= 0.3 is 12.1 Å². The molecule has 1 amide bonds. The van der Waals surface area contributed by atoms with Gasteiger partial charge in [-0.1, -0.05) is 12.1 Å². The molecule has 0 aliphatic carbocycles. The van der Waals surface area contributed by atoms with Gasteiger partial charge in [0.15, 0.2) is 0 Å². The van der Waals surface area contributed by atoms with Gasteiger partial charge in [-0.25, -0.2) is 19.0 Å². The summed E-state index contributed by atoms with van der Waals surface area (Å²) in [6.07, 6.45) is 0.495. The van der Waals surface area contributed by atoms with Crippen molar-refractivity contribution < 1.29 is 28.6 Å². The molecule has 0 saturated carbocycles. The van der Waals surface area contributed by atoms with Crippen LogP contribution in [0.25, 0.3) is 0 Å². The number of aromatic carboxylic acids is 1. The number of piperazine rings is 1. The molecule has 1 fully saturated rings. The number of carbonyl (C=O) groups excluding carboxylic acids is 1. The van der Waals surface area contributed by atoms with Crippen molar-refractivity contribution in [1.82, 2.24) is 14.8 Å². The number of amides is 1. The number of aromatic nitrogens is 1. The quantitative estimate of drug-likeness (QED) is 0.669. The highest BCUT2D eigenvalue weighted by molar-refractivity contribution is 5.85. The maximum Gasteiger partial charge on any atom is 0.410 e. The zero-order valence-electron chi connectivity index (χ0n) is 20.2. The number of carboxylic acids is 1. The number of benzene rings is 1. The third kappa shape index (κ3) is 6.66. The largest absolute Gasteiger partial charge is 0.483 e. The van der Waals surface area contributed by atoms with Crippen molar-refractivity contribution >= 4 is 12.1 Å². The second kappa shape index (κ2) is 10.4. The lowest BCUT2D eigenvalue weighted by Gasteiger charge is -2.41. The number of hydrogen-bond acceptors (Lipinski definition) is 6. The number of nitrogens with zero attached hydrogens (tertiary/aromatic N) is 3.